The molecule has 0 saturated heterocycles. The molecule has 0 aromatic heterocycles. The summed E-state index contributed by atoms with van der Waals surface area (Å²) in [5, 5.41) is 4.10. The maximum Gasteiger partial charge on any atom is 0.168 e. The fourth-order valence-corrected chi connectivity index (χ4v) is 1.22. The van der Waals surface area contributed by atoms with Crippen molar-refractivity contribution in [3.63, 3.8) is 0 Å². The Kier molecular flexibility index (Phi) is 6.96. The molecule has 3 heteroatoms. The lowest BCUT2D eigenvalue weighted by Crippen LogP contribution is -2.39. The first-order valence-corrected chi connectivity index (χ1v) is 5.51. The van der Waals surface area contributed by atoms with Crippen LogP contribution in [0.15, 0.2) is 0 Å². The normalized spacial score (nSPS) is 12.3. The van der Waals surface area contributed by atoms with Gasteiger partial charge in [-0.3, -0.25) is 0 Å². The molecule has 0 radical (unpaired) electrons. The third-order valence-corrected chi connectivity index (χ3v) is 2.61. The molecule has 0 aromatic carbocycles. The van der Waals surface area contributed by atoms with Crippen LogP contribution in [0.5, 0.6) is 0 Å². The summed E-state index contributed by atoms with van der Waals surface area (Å²) >= 11 is 5.22. The summed E-state index contributed by atoms with van der Waals surface area (Å²) in [4.78, 5) is 2.12. The second kappa shape index (κ2) is 7.13. The van der Waals surface area contributed by atoms with E-state index in [9.17, 15) is 0 Å². The van der Waals surface area contributed by atoms with Crippen molar-refractivity contribution < 1.29 is 0 Å². The van der Waals surface area contributed by atoms with Crippen LogP contribution in [0.1, 0.15) is 33.6 Å². The molecule has 0 aliphatic rings. The number of thiocarbonyl (C=S) groups is 1. The van der Waals surface area contributed by atoms with E-state index in [1.165, 1.54) is 6.42 Å². The van der Waals surface area contributed by atoms with Gasteiger partial charge in [-0.15, -0.1) is 0 Å². The van der Waals surface area contributed by atoms with E-state index in [-0.39, 0.29) is 0 Å². The fraction of sp³-hybridized carbons (Fsp3) is 0.900. The van der Waals surface area contributed by atoms with Crippen molar-refractivity contribution in [1.29, 1.82) is 0 Å². The van der Waals surface area contributed by atoms with Gasteiger partial charge in [0.2, 0.25) is 0 Å². The number of nitrogens with one attached hydrogen (secondary N) is 1. The van der Waals surface area contributed by atoms with Gasteiger partial charge < -0.3 is 10.2 Å². The van der Waals surface area contributed by atoms with Gasteiger partial charge in [0.1, 0.15) is 0 Å². The number of hydrogen-bond acceptors (Lipinski definition) is 1. The second-order valence-corrected chi connectivity index (χ2v) is 4.01. The molecule has 78 valence electrons. The highest BCUT2D eigenvalue weighted by atomic mass is 32.1. The molecule has 0 saturated carbocycles. The van der Waals surface area contributed by atoms with E-state index in [0.29, 0.717) is 5.92 Å². The Morgan fingerprint density at radius 2 is 2.08 bits per heavy atom. The summed E-state index contributed by atoms with van der Waals surface area (Å²) in [6.45, 7) is 8.62. The van der Waals surface area contributed by atoms with Gasteiger partial charge in [-0.05, 0) is 24.6 Å². The highest BCUT2D eigenvalue weighted by Crippen LogP contribution is 2.02. The van der Waals surface area contributed by atoms with Crippen molar-refractivity contribution >= 4 is 17.3 Å². The van der Waals surface area contributed by atoms with Crippen LogP contribution in [-0.2, 0) is 0 Å². The Balaban J connectivity index is 3.68. The van der Waals surface area contributed by atoms with E-state index in [1.807, 2.05) is 0 Å². The zero-order chi connectivity index (χ0) is 10.3. The molecule has 0 rings (SSSR count). The number of rotatable bonds is 5. The first-order chi connectivity index (χ1) is 6.11. The van der Waals surface area contributed by atoms with Gasteiger partial charge in [-0.2, -0.15) is 0 Å². The van der Waals surface area contributed by atoms with Crippen molar-refractivity contribution in [2.75, 3.05) is 20.1 Å². The average Bonchev–Trinajstić information content (AvgIpc) is 2.13. The predicted molar refractivity (Wildman–Crippen MR) is 63.0 cm³/mol. The average molecular weight is 202 g/mol. The Bertz CT molecular complexity index is 148. The smallest absolute Gasteiger partial charge is 0.168 e. The van der Waals surface area contributed by atoms with E-state index in [2.05, 4.69) is 38.0 Å². The maximum absolute atomic E-state index is 5.22. The van der Waals surface area contributed by atoms with E-state index in [4.69, 9.17) is 12.2 Å². The Morgan fingerprint density at radius 1 is 1.46 bits per heavy atom. The van der Waals surface area contributed by atoms with Gasteiger partial charge in [0.15, 0.2) is 5.11 Å². The Hall–Kier alpha value is -0.310. The van der Waals surface area contributed by atoms with Gasteiger partial charge in [0.25, 0.3) is 0 Å². The summed E-state index contributed by atoms with van der Waals surface area (Å²) in [5.41, 5.74) is 0. The van der Waals surface area contributed by atoms with E-state index < -0.39 is 0 Å². The summed E-state index contributed by atoms with van der Waals surface area (Å²) in [6.07, 6.45) is 2.33. The molecule has 13 heavy (non-hydrogen) atoms. The molecule has 0 heterocycles. The van der Waals surface area contributed by atoms with Crippen LogP contribution in [-0.4, -0.2) is 30.1 Å². The van der Waals surface area contributed by atoms with Gasteiger partial charge in [-0.1, -0.05) is 27.2 Å². The number of hydrogen-bond donors (Lipinski definition) is 1. The first kappa shape index (κ1) is 12.7. The highest BCUT2D eigenvalue weighted by Gasteiger charge is 2.06. The molecular formula is C10H22N2S. The molecule has 1 unspecified atom stereocenters. The summed E-state index contributed by atoms with van der Waals surface area (Å²) < 4.78 is 0. The van der Waals surface area contributed by atoms with Crippen LogP contribution >= 0.6 is 12.2 Å². The van der Waals surface area contributed by atoms with Gasteiger partial charge >= 0.3 is 0 Å². The third-order valence-electron chi connectivity index (χ3n) is 2.16. The lowest BCUT2D eigenvalue weighted by atomic mass is 10.1. The molecular weight excluding hydrogens is 180 g/mol. The van der Waals surface area contributed by atoms with Crippen LogP contribution in [0.3, 0.4) is 0 Å². The Morgan fingerprint density at radius 3 is 2.54 bits per heavy atom. The monoisotopic (exact) mass is 202 g/mol. The van der Waals surface area contributed by atoms with E-state index >= 15 is 0 Å². The fourth-order valence-electron chi connectivity index (χ4n) is 1.05. The zero-order valence-electron chi connectivity index (χ0n) is 9.26. The minimum Gasteiger partial charge on any atom is -0.363 e. The molecule has 0 amide bonds. The molecule has 1 N–H and O–H groups in total. The largest absolute Gasteiger partial charge is 0.363 e. The molecule has 0 aromatic rings. The van der Waals surface area contributed by atoms with Gasteiger partial charge in [0.05, 0.1) is 0 Å². The molecule has 0 bridgehead atoms. The molecule has 0 fully saturated rings. The standard InChI is InChI=1S/C10H22N2S/c1-5-7-11-10(13)12(4)8-9(3)6-2/h9H,5-8H2,1-4H3,(H,11,13). The summed E-state index contributed by atoms with van der Waals surface area (Å²) in [5.74, 6) is 0.714. The molecule has 0 spiro atoms. The first-order valence-electron chi connectivity index (χ1n) is 5.10. The van der Waals surface area contributed by atoms with E-state index in [1.54, 1.807) is 0 Å². The van der Waals surface area contributed by atoms with Crippen LogP contribution in [0.2, 0.25) is 0 Å². The van der Waals surface area contributed by atoms with Crippen LogP contribution < -0.4 is 5.32 Å². The van der Waals surface area contributed by atoms with Crippen LogP contribution in [0.4, 0.5) is 0 Å². The Labute approximate surface area is 87.7 Å². The van der Waals surface area contributed by atoms with Crippen LogP contribution in [0, 0.1) is 5.92 Å². The van der Waals surface area contributed by atoms with Crippen molar-refractivity contribution in [2.24, 2.45) is 5.92 Å². The topological polar surface area (TPSA) is 15.3 Å². The lowest BCUT2D eigenvalue weighted by Gasteiger charge is -2.23. The lowest BCUT2D eigenvalue weighted by molar-refractivity contribution is 0.391. The molecule has 1 atom stereocenters. The molecule has 2 nitrogen and oxygen atoms in total. The van der Waals surface area contributed by atoms with Crippen LogP contribution in [0.25, 0.3) is 0 Å². The summed E-state index contributed by atoms with van der Waals surface area (Å²) in [7, 11) is 2.05. The van der Waals surface area contributed by atoms with Gasteiger partial charge in [0, 0.05) is 20.1 Å². The minimum absolute atomic E-state index is 0.714. The molecule has 0 aliphatic heterocycles. The second-order valence-electron chi connectivity index (χ2n) is 3.63. The summed E-state index contributed by atoms with van der Waals surface area (Å²) in [6, 6.07) is 0. The quantitative estimate of drug-likeness (QED) is 0.688. The predicted octanol–water partition coefficient (Wildman–Crippen LogP) is 2.25. The van der Waals surface area contributed by atoms with Crippen molar-refractivity contribution in [3.8, 4) is 0 Å². The zero-order valence-corrected chi connectivity index (χ0v) is 10.1. The van der Waals surface area contributed by atoms with Gasteiger partial charge in [-0.25, -0.2) is 0 Å². The van der Waals surface area contributed by atoms with Crippen molar-refractivity contribution in [3.05, 3.63) is 0 Å². The molecule has 0 aliphatic carbocycles. The SMILES string of the molecule is CCCNC(=S)N(C)CC(C)CC. The van der Waals surface area contributed by atoms with Crippen molar-refractivity contribution in [2.45, 2.75) is 33.6 Å². The van der Waals surface area contributed by atoms with Crippen molar-refractivity contribution in [1.82, 2.24) is 10.2 Å². The maximum atomic E-state index is 5.22. The number of nitrogens with zero attached hydrogens (tertiary/aromatic N) is 1. The van der Waals surface area contributed by atoms with E-state index in [0.717, 1.165) is 24.6 Å². The minimum atomic E-state index is 0.714. The third kappa shape index (κ3) is 5.86. The highest BCUT2D eigenvalue weighted by molar-refractivity contribution is 7.80.